The lowest BCUT2D eigenvalue weighted by Gasteiger charge is -2.14. The summed E-state index contributed by atoms with van der Waals surface area (Å²) in [5.41, 5.74) is 2.39. The molecule has 0 aromatic heterocycles. The Labute approximate surface area is 182 Å². The van der Waals surface area contributed by atoms with Crippen molar-refractivity contribution in [2.45, 2.75) is 51.7 Å². The number of hydrogen-bond acceptors (Lipinski definition) is 6. The van der Waals surface area contributed by atoms with Gasteiger partial charge in [0.1, 0.15) is 17.2 Å². The number of benzene rings is 2. The van der Waals surface area contributed by atoms with E-state index in [1.807, 2.05) is 13.0 Å². The zero-order chi connectivity index (χ0) is 23.1. The molecular formula is C25H30O6. The Balaban J connectivity index is 2.12. The van der Waals surface area contributed by atoms with E-state index < -0.39 is 18.0 Å². The number of aliphatic hydroxyl groups is 2. The number of ketones is 1. The molecule has 2 rings (SSSR count). The molecular weight excluding hydrogens is 396 g/mol. The molecule has 0 aliphatic carbocycles. The van der Waals surface area contributed by atoms with Crippen LogP contribution in [-0.2, 0) is 6.42 Å². The van der Waals surface area contributed by atoms with Crippen LogP contribution >= 0.6 is 0 Å². The van der Waals surface area contributed by atoms with Crippen LogP contribution in [0, 0.1) is 0 Å². The minimum Gasteiger partial charge on any atom is -0.508 e. The third-order valence-electron chi connectivity index (χ3n) is 5.25. The second kappa shape index (κ2) is 10.8. The first-order valence-electron chi connectivity index (χ1n) is 10.1. The Morgan fingerprint density at radius 2 is 1.68 bits per heavy atom. The fourth-order valence-corrected chi connectivity index (χ4v) is 3.14. The Bertz CT molecular complexity index is 959. The molecule has 0 saturated heterocycles. The molecule has 5 N–H and O–H groups in total. The molecule has 6 heteroatoms. The van der Waals surface area contributed by atoms with Crippen molar-refractivity contribution in [3.05, 3.63) is 76.9 Å². The van der Waals surface area contributed by atoms with Crippen molar-refractivity contribution in [3.63, 3.8) is 0 Å². The van der Waals surface area contributed by atoms with Crippen LogP contribution in [0.15, 0.2) is 60.2 Å². The number of phenols is 3. The largest absolute Gasteiger partial charge is 0.508 e. The molecule has 0 fully saturated rings. The monoisotopic (exact) mass is 426 g/mol. The van der Waals surface area contributed by atoms with Crippen molar-refractivity contribution >= 4 is 5.78 Å². The van der Waals surface area contributed by atoms with Gasteiger partial charge in [-0.15, -0.1) is 0 Å². The molecule has 0 radical (unpaired) electrons. The number of carbonyl (C=O) groups is 1. The Morgan fingerprint density at radius 3 is 2.29 bits per heavy atom. The van der Waals surface area contributed by atoms with Gasteiger partial charge in [-0.1, -0.05) is 35.9 Å². The second-order valence-corrected chi connectivity index (χ2v) is 7.85. The number of carbonyl (C=O) groups excluding carboxylic acids is 1. The van der Waals surface area contributed by atoms with E-state index in [-0.39, 0.29) is 41.2 Å². The van der Waals surface area contributed by atoms with E-state index in [2.05, 4.69) is 6.58 Å². The van der Waals surface area contributed by atoms with Crippen molar-refractivity contribution < 1.29 is 30.3 Å². The molecule has 2 atom stereocenters. The maximum absolute atomic E-state index is 12.7. The average molecular weight is 427 g/mol. The molecule has 0 heterocycles. The summed E-state index contributed by atoms with van der Waals surface area (Å²) >= 11 is 0. The summed E-state index contributed by atoms with van der Waals surface area (Å²) in [6.45, 7) is 7.38. The number of Topliss-reactive ketones (excluding diaryl/α,β-unsaturated/α-hetero) is 1. The fourth-order valence-electron chi connectivity index (χ4n) is 3.14. The first-order valence-corrected chi connectivity index (χ1v) is 10.1. The van der Waals surface area contributed by atoms with E-state index in [9.17, 15) is 30.3 Å². The van der Waals surface area contributed by atoms with Crippen molar-refractivity contribution in [1.29, 1.82) is 0 Å². The number of allylic oxidation sites excluding steroid dienone is 2. The first-order chi connectivity index (χ1) is 14.6. The zero-order valence-electron chi connectivity index (χ0n) is 17.9. The summed E-state index contributed by atoms with van der Waals surface area (Å²) in [5.74, 6) is -0.849. The van der Waals surface area contributed by atoms with Crippen molar-refractivity contribution in [2.24, 2.45) is 0 Å². The van der Waals surface area contributed by atoms with Crippen molar-refractivity contribution in [2.75, 3.05) is 0 Å². The summed E-state index contributed by atoms with van der Waals surface area (Å²) in [5, 5.41) is 50.2. The van der Waals surface area contributed by atoms with Crippen LogP contribution in [-0.4, -0.2) is 37.4 Å². The van der Waals surface area contributed by atoms with Gasteiger partial charge in [-0.3, -0.25) is 4.79 Å². The Kier molecular flexibility index (Phi) is 8.42. The highest BCUT2D eigenvalue weighted by atomic mass is 16.3. The second-order valence-electron chi connectivity index (χ2n) is 7.85. The lowest BCUT2D eigenvalue weighted by Crippen LogP contribution is -2.08. The van der Waals surface area contributed by atoms with E-state index in [0.29, 0.717) is 24.0 Å². The topological polar surface area (TPSA) is 118 Å². The maximum atomic E-state index is 12.7. The van der Waals surface area contributed by atoms with Gasteiger partial charge in [0, 0.05) is 12.0 Å². The van der Waals surface area contributed by atoms with Crippen LogP contribution in [0.4, 0.5) is 0 Å². The van der Waals surface area contributed by atoms with Gasteiger partial charge in [0.25, 0.3) is 0 Å². The predicted octanol–water partition coefficient (Wildman–Crippen LogP) is 4.32. The van der Waals surface area contributed by atoms with Crippen molar-refractivity contribution in [3.8, 4) is 17.2 Å². The smallest absolute Gasteiger partial charge is 0.169 e. The number of aromatic hydroxyl groups is 3. The lowest BCUT2D eigenvalue weighted by atomic mass is 9.96. The fraction of sp³-hybridized carbons (Fsp3) is 0.320. The summed E-state index contributed by atoms with van der Waals surface area (Å²) in [7, 11) is 0. The van der Waals surface area contributed by atoms with Gasteiger partial charge in [-0.2, -0.15) is 0 Å². The normalized spacial score (nSPS) is 13.6. The SMILES string of the molecule is C=C(C)C(O)CC/C(C)=C/Cc1c(O)ccc(C(=O)CC(O)c2ccc(O)cc2)c1O. The van der Waals surface area contributed by atoms with E-state index in [0.717, 1.165) is 5.57 Å². The van der Waals surface area contributed by atoms with E-state index in [1.165, 1.54) is 36.4 Å². The molecule has 31 heavy (non-hydrogen) atoms. The Morgan fingerprint density at radius 1 is 1.03 bits per heavy atom. The standard InChI is InChI=1S/C25H30O6/c1-15(2)21(27)12-5-16(3)4-10-19-22(28)13-11-20(25(19)31)24(30)14-23(29)17-6-8-18(26)9-7-17/h4,6-9,11,13,21,23,26-29,31H,1,5,10,12,14H2,2-3H3/b16-4+. The van der Waals surface area contributed by atoms with Crippen LogP contribution in [0.1, 0.15) is 60.7 Å². The highest BCUT2D eigenvalue weighted by Crippen LogP contribution is 2.33. The molecule has 0 aliphatic heterocycles. The predicted molar refractivity (Wildman–Crippen MR) is 119 cm³/mol. The zero-order valence-corrected chi connectivity index (χ0v) is 17.9. The third kappa shape index (κ3) is 6.70. The number of aliphatic hydroxyl groups excluding tert-OH is 2. The Hall–Kier alpha value is -3.09. The van der Waals surface area contributed by atoms with Crippen LogP contribution in [0.5, 0.6) is 17.2 Å². The van der Waals surface area contributed by atoms with Crippen molar-refractivity contribution in [1.82, 2.24) is 0 Å². The minimum atomic E-state index is -1.09. The van der Waals surface area contributed by atoms with Gasteiger partial charge < -0.3 is 25.5 Å². The molecule has 0 bridgehead atoms. The van der Waals surface area contributed by atoms with Gasteiger partial charge in [-0.05, 0) is 62.9 Å². The van der Waals surface area contributed by atoms with Gasteiger partial charge in [-0.25, -0.2) is 0 Å². The molecule has 0 spiro atoms. The summed E-state index contributed by atoms with van der Waals surface area (Å²) in [4.78, 5) is 12.7. The molecule has 2 aromatic rings. The van der Waals surface area contributed by atoms with E-state index in [4.69, 9.17) is 0 Å². The van der Waals surface area contributed by atoms with E-state index in [1.54, 1.807) is 6.92 Å². The highest BCUT2D eigenvalue weighted by Gasteiger charge is 2.20. The van der Waals surface area contributed by atoms with Crippen LogP contribution in [0.2, 0.25) is 0 Å². The number of hydrogen-bond donors (Lipinski definition) is 5. The first kappa shape index (κ1) is 24.2. The maximum Gasteiger partial charge on any atom is 0.169 e. The van der Waals surface area contributed by atoms with Gasteiger partial charge >= 0.3 is 0 Å². The van der Waals surface area contributed by atoms with Crippen LogP contribution < -0.4 is 0 Å². The van der Waals surface area contributed by atoms with Crippen LogP contribution in [0.3, 0.4) is 0 Å². The highest BCUT2D eigenvalue weighted by molar-refractivity contribution is 5.99. The lowest BCUT2D eigenvalue weighted by molar-refractivity contribution is 0.0877. The van der Waals surface area contributed by atoms with Crippen LogP contribution in [0.25, 0.3) is 0 Å². The van der Waals surface area contributed by atoms with E-state index >= 15 is 0 Å². The van der Waals surface area contributed by atoms with Gasteiger partial charge in [0.2, 0.25) is 0 Å². The molecule has 0 aliphatic rings. The number of phenolic OH excluding ortho intramolecular Hbond substituents is 3. The van der Waals surface area contributed by atoms with Gasteiger partial charge in [0.15, 0.2) is 5.78 Å². The molecule has 6 nitrogen and oxygen atoms in total. The summed E-state index contributed by atoms with van der Waals surface area (Å²) < 4.78 is 0. The average Bonchev–Trinajstić information content (AvgIpc) is 2.71. The summed E-state index contributed by atoms with van der Waals surface area (Å²) in [6.07, 6.45) is 1.29. The third-order valence-corrected chi connectivity index (χ3v) is 5.25. The minimum absolute atomic E-state index is 0.0226. The number of rotatable bonds is 10. The summed E-state index contributed by atoms with van der Waals surface area (Å²) in [6, 6.07) is 8.57. The molecule has 0 saturated carbocycles. The molecule has 2 aromatic carbocycles. The molecule has 166 valence electrons. The van der Waals surface area contributed by atoms with Gasteiger partial charge in [0.05, 0.1) is 17.8 Å². The molecule has 0 amide bonds. The molecule has 2 unspecified atom stereocenters. The quantitative estimate of drug-likeness (QED) is 0.285.